The highest BCUT2D eigenvalue weighted by atomic mass is 16.2. The molecule has 0 spiro atoms. The van der Waals surface area contributed by atoms with Crippen LogP contribution in [0.3, 0.4) is 0 Å². The van der Waals surface area contributed by atoms with Gasteiger partial charge in [0.2, 0.25) is 5.91 Å². The van der Waals surface area contributed by atoms with Crippen molar-refractivity contribution < 1.29 is 9.59 Å². The van der Waals surface area contributed by atoms with Gasteiger partial charge < -0.3 is 9.80 Å². The van der Waals surface area contributed by atoms with Crippen LogP contribution in [0.15, 0.2) is 24.3 Å². The predicted molar refractivity (Wildman–Crippen MR) is 101 cm³/mol. The third kappa shape index (κ3) is 4.83. The maximum atomic E-state index is 12.7. The molecule has 0 saturated carbocycles. The molecule has 2 amide bonds. The van der Waals surface area contributed by atoms with Crippen LogP contribution < -0.4 is 0 Å². The highest BCUT2D eigenvalue weighted by Crippen LogP contribution is 2.13. The number of rotatable bonds is 4. The molecule has 6 nitrogen and oxygen atoms in total. The molecular weight excluding hydrogens is 328 g/mol. The van der Waals surface area contributed by atoms with E-state index in [0.717, 1.165) is 18.5 Å². The number of likely N-dealkylation sites (N-methyl/N-ethyl adjacent to an activating group) is 1. The summed E-state index contributed by atoms with van der Waals surface area (Å²) in [4.78, 5) is 30.6. The molecule has 0 radical (unpaired) electrons. The van der Waals surface area contributed by atoms with Crippen LogP contribution in [0.25, 0.3) is 0 Å². The monoisotopic (exact) mass is 356 g/mol. The second-order valence-electron chi connectivity index (χ2n) is 7.41. The normalized spacial score (nSPS) is 15.9. The lowest BCUT2D eigenvalue weighted by molar-refractivity contribution is -0.134. The van der Waals surface area contributed by atoms with Crippen molar-refractivity contribution in [3.63, 3.8) is 0 Å². The summed E-state index contributed by atoms with van der Waals surface area (Å²) in [6.07, 6.45) is 0.830. The molecule has 0 aromatic heterocycles. The number of aryl methyl sites for hydroxylation is 1. The maximum absolute atomic E-state index is 12.7. The van der Waals surface area contributed by atoms with Crippen molar-refractivity contribution in [1.29, 1.82) is 5.26 Å². The van der Waals surface area contributed by atoms with Gasteiger partial charge in [0, 0.05) is 38.8 Å². The fourth-order valence-electron chi connectivity index (χ4n) is 2.98. The zero-order chi connectivity index (χ0) is 19.3. The summed E-state index contributed by atoms with van der Waals surface area (Å²) in [5.41, 5.74) is 0.960. The number of carbonyl (C=O) groups is 2. The van der Waals surface area contributed by atoms with Gasteiger partial charge in [-0.15, -0.1) is 0 Å². The second kappa shape index (κ2) is 8.33. The van der Waals surface area contributed by atoms with Gasteiger partial charge in [0.05, 0.1) is 12.6 Å². The lowest BCUT2D eigenvalue weighted by Crippen LogP contribution is -2.48. The van der Waals surface area contributed by atoms with Crippen LogP contribution in [0, 0.1) is 18.3 Å². The minimum absolute atomic E-state index is 0.0459. The molecule has 0 unspecified atom stereocenters. The number of carbonyl (C=O) groups excluding carboxylic acids is 2. The van der Waals surface area contributed by atoms with Gasteiger partial charge in [0.15, 0.2) is 0 Å². The lowest BCUT2D eigenvalue weighted by Gasteiger charge is -2.31. The molecule has 2 rings (SSSR count). The van der Waals surface area contributed by atoms with Crippen LogP contribution in [0.2, 0.25) is 0 Å². The third-order valence-electron chi connectivity index (χ3n) is 4.99. The molecule has 1 fully saturated rings. The van der Waals surface area contributed by atoms with Crippen molar-refractivity contribution in [2.75, 3.05) is 39.8 Å². The van der Waals surface area contributed by atoms with Gasteiger partial charge in [-0.3, -0.25) is 14.5 Å². The number of hydrogen-bond acceptors (Lipinski definition) is 4. The van der Waals surface area contributed by atoms with Crippen LogP contribution in [-0.4, -0.2) is 71.8 Å². The summed E-state index contributed by atoms with van der Waals surface area (Å²) < 4.78 is 0. The minimum Gasteiger partial charge on any atom is -0.337 e. The Morgan fingerprint density at radius 1 is 1.23 bits per heavy atom. The molecule has 1 aliphatic heterocycles. The van der Waals surface area contributed by atoms with E-state index in [4.69, 9.17) is 0 Å². The van der Waals surface area contributed by atoms with E-state index in [1.165, 1.54) is 4.90 Å². The SMILES string of the molecule is Cc1cccc(C(=O)N2CCCN(CC(=O)N(C)C(C)(C)C#N)CC2)c1. The van der Waals surface area contributed by atoms with Crippen molar-refractivity contribution >= 4 is 11.8 Å². The zero-order valence-electron chi connectivity index (χ0n) is 16.2. The molecule has 0 atom stereocenters. The Labute approximate surface area is 156 Å². The fraction of sp³-hybridized carbons (Fsp3) is 0.550. The predicted octanol–water partition coefficient (Wildman–Crippen LogP) is 1.90. The van der Waals surface area contributed by atoms with Gasteiger partial charge in [0.25, 0.3) is 5.91 Å². The van der Waals surface area contributed by atoms with Crippen LogP contribution in [0.4, 0.5) is 0 Å². The molecule has 0 bridgehead atoms. The molecule has 140 valence electrons. The number of hydrogen-bond donors (Lipinski definition) is 0. The van der Waals surface area contributed by atoms with E-state index in [2.05, 4.69) is 11.0 Å². The molecule has 1 aliphatic rings. The number of nitriles is 1. The Bertz CT molecular complexity index is 708. The van der Waals surface area contributed by atoms with Crippen LogP contribution in [0.1, 0.15) is 36.2 Å². The number of amides is 2. The quantitative estimate of drug-likeness (QED) is 0.826. The van der Waals surface area contributed by atoms with Crippen LogP contribution in [-0.2, 0) is 4.79 Å². The Morgan fingerprint density at radius 2 is 1.96 bits per heavy atom. The first-order chi connectivity index (χ1) is 12.2. The largest absolute Gasteiger partial charge is 0.337 e. The topological polar surface area (TPSA) is 67.7 Å². The smallest absolute Gasteiger partial charge is 0.253 e. The van der Waals surface area contributed by atoms with Gasteiger partial charge in [-0.25, -0.2) is 0 Å². The molecule has 1 saturated heterocycles. The number of benzene rings is 1. The summed E-state index contributed by atoms with van der Waals surface area (Å²) in [6.45, 7) is 8.43. The molecule has 0 N–H and O–H groups in total. The molecule has 1 aromatic carbocycles. The van der Waals surface area contributed by atoms with Crippen molar-refractivity contribution in [3.8, 4) is 6.07 Å². The van der Waals surface area contributed by atoms with E-state index in [-0.39, 0.29) is 18.4 Å². The Morgan fingerprint density at radius 3 is 2.62 bits per heavy atom. The summed E-state index contributed by atoms with van der Waals surface area (Å²) in [6, 6.07) is 9.79. The molecule has 26 heavy (non-hydrogen) atoms. The zero-order valence-corrected chi connectivity index (χ0v) is 16.2. The van der Waals surface area contributed by atoms with E-state index in [9.17, 15) is 14.9 Å². The van der Waals surface area contributed by atoms with Gasteiger partial charge in [-0.1, -0.05) is 17.7 Å². The van der Waals surface area contributed by atoms with Gasteiger partial charge in [-0.05, 0) is 39.3 Å². The molecule has 6 heteroatoms. The standard InChI is InChI=1S/C20H28N4O2/c1-16-7-5-8-17(13-16)19(26)24-10-6-9-23(11-12-24)14-18(25)22(4)20(2,3)15-21/h5,7-8,13H,6,9-12,14H2,1-4H3. The molecule has 0 aliphatic carbocycles. The molecular formula is C20H28N4O2. The summed E-state index contributed by atoms with van der Waals surface area (Å²) in [7, 11) is 1.66. The fourth-order valence-corrected chi connectivity index (χ4v) is 2.98. The summed E-state index contributed by atoms with van der Waals surface area (Å²) >= 11 is 0. The van der Waals surface area contributed by atoms with E-state index >= 15 is 0 Å². The molecule has 1 aromatic rings. The number of nitrogens with zero attached hydrogens (tertiary/aromatic N) is 4. The van der Waals surface area contributed by atoms with Gasteiger partial charge in [0.1, 0.15) is 5.54 Å². The second-order valence-corrected chi connectivity index (χ2v) is 7.41. The highest BCUT2D eigenvalue weighted by molar-refractivity contribution is 5.94. The van der Waals surface area contributed by atoms with E-state index in [1.807, 2.05) is 36.1 Å². The molecule has 1 heterocycles. The van der Waals surface area contributed by atoms with Gasteiger partial charge >= 0.3 is 0 Å². The van der Waals surface area contributed by atoms with Gasteiger partial charge in [-0.2, -0.15) is 5.26 Å². The Hall–Kier alpha value is -2.39. The summed E-state index contributed by atoms with van der Waals surface area (Å²) in [5, 5.41) is 9.19. The Balaban J connectivity index is 1.95. The first kappa shape index (κ1) is 19.9. The maximum Gasteiger partial charge on any atom is 0.253 e. The van der Waals surface area contributed by atoms with E-state index in [0.29, 0.717) is 25.2 Å². The Kier molecular flexibility index (Phi) is 6.38. The van der Waals surface area contributed by atoms with Crippen molar-refractivity contribution in [2.45, 2.75) is 32.7 Å². The van der Waals surface area contributed by atoms with E-state index in [1.54, 1.807) is 20.9 Å². The average molecular weight is 356 g/mol. The third-order valence-corrected chi connectivity index (χ3v) is 4.99. The highest BCUT2D eigenvalue weighted by Gasteiger charge is 2.29. The van der Waals surface area contributed by atoms with Crippen LogP contribution in [0.5, 0.6) is 0 Å². The van der Waals surface area contributed by atoms with Crippen LogP contribution >= 0.6 is 0 Å². The van der Waals surface area contributed by atoms with Crippen molar-refractivity contribution in [2.24, 2.45) is 0 Å². The minimum atomic E-state index is -0.823. The lowest BCUT2D eigenvalue weighted by atomic mass is 10.1. The first-order valence-corrected chi connectivity index (χ1v) is 9.01. The van der Waals surface area contributed by atoms with Crippen molar-refractivity contribution in [1.82, 2.24) is 14.7 Å². The summed E-state index contributed by atoms with van der Waals surface area (Å²) in [5.74, 6) is -0.0281. The van der Waals surface area contributed by atoms with E-state index < -0.39 is 5.54 Å². The average Bonchev–Trinajstić information content (AvgIpc) is 2.86. The first-order valence-electron chi connectivity index (χ1n) is 9.01. The van der Waals surface area contributed by atoms with Crippen molar-refractivity contribution in [3.05, 3.63) is 35.4 Å².